The third-order valence-corrected chi connectivity index (χ3v) is 13.3. The van der Waals surface area contributed by atoms with Crippen LogP contribution in [0.15, 0.2) is 42.7 Å². The third kappa shape index (κ3) is 6.14. The Hall–Kier alpha value is -4.76. The lowest BCUT2D eigenvalue weighted by atomic mass is 9.88. The molecule has 4 fully saturated rings. The first kappa shape index (κ1) is 36.6. The summed E-state index contributed by atoms with van der Waals surface area (Å²) < 4.78 is 84.7. The Morgan fingerprint density at radius 1 is 0.947 bits per heavy atom. The van der Waals surface area contributed by atoms with E-state index in [1.165, 1.54) is 6.07 Å². The molecule has 0 amide bonds. The van der Waals surface area contributed by atoms with Gasteiger partial charge in [0.05, 0.1) is 16.6 Å². The molecule has 2 aromatic carbocycles. The van der Waals surface area contributed by atoms with Crippen molar-refractivity contribution < 1.29 is 31.4 Å². The monoisotopic (exact) mass is 786 g/mol. The topological polar surface area (TPSA) is 101 Å². The number of ether oxygens (including phenoxy) is 2. The van der Waals surface area contributed by atoms with Crippen molar-refractivity contribution in [2.75, 3.05) is 31.2 Å². The number of pyridine rings is 1. The molecule has 0 saturated carbocycles. The van der Waals surface area contributed by atoms with Gasteiger partial charge in [0.15, 0.2) is 11.5 Å². The molecular weight excluding hydrogens is 744 g/mol. The molecule has 3 aromatic heterocycles. The maximum atomic E-state index is 17.5. The number of benzene rings is 2. The second-order valence-corrected chi connectivity index (χ2v) is 16.6. The first-order valence-electron chi connectivity index (χ1n) is 20.0. The summed E-state index contributed by atoms with van der Waals surface area (Å²) in [6.45, 7) is 5.75. The molecule has 0 spiro atoms. The van der Waals surface area contributed by atoms with Gasteiger partial charge in [0.25, 0.3) is 0 Å². The summed E-state index contributed by atoms with van der Waals surface area (Å²) in [7, 11) is 0. The Morgan fingerprint density at radius 2 is 1.82 bits per heavy atom. The second-order valence-electron chi connectivity index (χ2n) is 16.6. The number of fused-ring (bicyclic) bond motifs is 7. The van der Waals surface area contributed by atoms with Crippen molar-refractivity contribution in [3.05, 3.63) is 71.3 Å². The number of nitrogens with zero attached hydrogens (tertiary/aromatic N) is 7. The number of aryl methyl sites for hydroxylation is 1. The minimum Gasteiger partial charge on any atom is -0.476 e. The molecule has 5 aromatic rings. The van der Waals surface area contributed by atoms with Crippen molar-refractivity contribution in [3.63, 3.8) is 0 Å². The molecule has 5 aliphatic heterocycles. The van der Waals surface area contributed by atoms with Gasteiger partial charge in [-0.15, -0.1) is 0 Å². The molecule has 0 aliphatic carbocycles. The maximum absolute atomic E-state index is 17.5. The van der Waals surface area contributed by atoms with Crippen molar-refractivity contribution in [3.8, 4) is 23.1 Å². The number of alkyl halides is 3. The Labute approximate surface area is 326 Å². The van der Waals surface area contributed by atoms with Gasteiger partial charge in [-0.2, -0.15) is 23.1 Å². The zero-order chi connectivity index (χ0) is 39.2. The highest BCUT2D eigenvalue weighted by Crippen LogP contribution is 2.46. The van der Waals surface area contributed by atoms with Crippen LogP contribution < -0.4 is 19.7 Å². The van der Waals surface area contributed by atoms with Gasteiger partial charge in [0, 0.05) is 42.3 Å². The summed E-state index contributed by atoms with van der Waals surface area (Å²) in [5, 5.41) is 5.80. The van der Waals surface area contributed by atoms with E-state index >= 15 is 8.78 Å². The highest BCUT2D eigenvalue weighted by atomic mass is 19.4. The van der Waals surface area contributed by atoms with Crippen LogP contribution in [0.3, 0.4) is 0 Å². The molecule has 10 rings (SSSR count). The molecule has 298 valence electrons. The largest absolute Gasteiger partial charge is 0.476 e. The van der Waals surface area contributed by atoms with Crippen LogP contribution in [-0.4, -0.2) is 85.8 Å². The summed E-state index contributed by atoms with van der Waals surface area (Å²) in [6.07, 6.45) is 3.45. The highest BCUT2D eigenvalue weighted by molar-refractivity contribution is 6.01. The van der Waals surface area contributed by atoms with Crippen LogP contribution in [0, 0.1) is 18.6 Å². The van der Waals surface area contributed by atoms with E-state index in [1.807, 2.05) is 12.1 Å². The third-order valence-electron chi connectivity index (χ3n) is 13.3. The zero-order valence-electron chi connectivity index (χ0n) is 31.8. The second kappa shape index (κ2) is 13.7. The van der Waals surface area contributed by atoms with Crippen LogP contribution >= 0.6 is 0 Å². The SMILES string of the molecule is Cc1c(F)ccc2cccc(-c3nc4c5c(nc(OC[C@@]67CCCN6[C@H](COc6cc(C(F)(F)F)ncn6)CC7)nc5c3F)N3C[C@H]5CC[C@H](N5)[C@H]3CC[C@H]4C)c12. The van der Waals surface area contributed by atoms with Crippen LogP contribution in [0.25, 0.3) is 32.9 Å². The predicted molar refractivity (Wildman–Crippen MR) is 203 cm³/mol. The molecule has 0 radical (unpaired) electrons. The molecule has 6 atom stereocenters. The van der Waals surface area contributed by atoms with E-state index in [0.29, 0.717) is 33.8 Å². The Balaban J connectivity index is 1.03. The Bertz CT molecular complexity index is 2400. The van der Waals surface area contributed by atoms with Gasteiger partial charge in [-0.3, -0.25) is 4.90 Å². The van der Waals surface area contributed by atoms with E-state index in [4.69, 9.17) is 24.4 Å². The number of halogens is 5. The average molecular weight is 787 g/mol. The molecule has 10 nitrogen and oxygen atoms in total. The van der Waals surface area contributed by atoms with Crippen LogP contribution in [0.1, 0.15) is 81.2 Å². The van der Waals surface area contributed by atoms with Crippen LogP contribution in [0.5, 0.6) is 11.9 Å². The fourth-order valence-electron chi connectivity index (χ4n) is 10.5. The van der Waals surface area contributed by atoms with Crippen molar-refractivity contribution in [2.45, 2.75) is 107 Å². The summed E-state index contributed by atoms with van der Waals surface area (Å²) in [5.41, 5.74) is 0.502. The van der Waals surface area contributed by atoms with Crippen LogP contribution in [-0.2, 0) is 6.18 Å². The lowest BCUT2D eigenvalue weighted by Gasteiger charge is -2.44. The molecule has 4 saturated heterocycles. The molecule has 1 N–H and O–H groups in total. The first-order chi connectivity index (χ1) is 27.5. The molecule has 5 aliphatic rings. The summed E-state index contributed by atoms with van der Waals surface area (Å²) in [4.78, 5) is 27.0. The van der Waals surface area contributed by atoms with Gasteiger partial charge in [0.2, 0.25) is 5.88 Å². The van der Waals surface area contributed by atoms with E-state index in [0.717, 1.165) is 87.9 Å². The van der Waals surface area contributed by atoms with Crippen LogP contribution in [0.4, 0.5) is 27.8 Å². The van der Waals surface area contributed by atoms with Crippen LogP contribution in [0.2, 0.25) is 0 Å². The number of nitrogens with one attached hydrogen (secondary N) is 1. The smallest absolute Gasteiger partial charge is 0.433 e. The van der Waals surface area contributed by atoms with E-state index in [9.17, 15) is 13.2 Å². The number of hydrogen-bond donors (Lipinski definition) is 1. The predicted octanol–water partition coefficient (Wildman–Crippen LogP) is 7.90. The van der Waals surface area contributed by atoms with Crippen molar-refractivity contribution in [1.29, 1.82) is 0 Å². The van der Waals surface area contributed by atoms with E-state index < -0.39 is 17.7 Å². The molecule has 2 bridgehead atoms. The number of aromatic nitrogens is 5. The summed E-state index contributed by atoms with van der Waals surface area (Å²) >= 11 is 0. The standard InChI is InChI=1S/C42H43F5N8O2/c1-22-7-12-30-29-11-9-25(50-29)18-54(30)39-34-36(22)51-37(27-6-3-5-24-8-10-28(43)23(2)33(24)27)35(44)38(34)52-40(53-39)57-20-41-14-4-16-55(41)26(13-15-41)19-56-32-17-31(42(45,46)47)48-21-49-32/h3,5-6,8,10,17,21-22,25-26,29-30,50H,4,7,9,11-16,18-20H2,1-2H3/t22-,25-,26+,29+,30-,41+/m1/s1. The minimum atomic E-state index is -4.60. The number of anilines is 1. The summed E-state index contributed by atoms with van der Waals surface area (Å²) in [6, 6.07) is 10.3. The van der Waals surface area contributed by atoms with Gasteiger partial charge >= 0.3 is 12.2 Å². The Morgan fingerprint density at radius 3 is 2.68 bits per heavy atom. The normalized spacial score (nSPS) is 27.1. The van der Waals surface area contributed by atoms with Gasteiger partial charge in [0.1, 0.15) is 42.4 Å². The highest BCUT2D eigenvalue weighted by Gasteiger charge is 2.50. The van der Waals surface area contributed by atoms with Crippen molar-refractivity contribution >= 4 is 27.5 Å². The number of hydrogen-bond acceptors (Lipinski definition) is 10. The molecule has 8 heterocycles. The average Bonchev–Trinajstić information content (AvgIpc) is 3.90. The number of piperazine rings is 1. The molecule has 57 heavy (non-hydrogen) atoms. The summed E-state index contributed by atoms with van der Waals surface area (Å²) in [5.74, 6) is -0.480. The Kier molecular flexibility index (Phi) is 8.78. The molecule has 0 unspecified atom stereocenters. The fraction of sp³-hybridized carbons (Fsp3) is 0.500. The van der Waals surface area contributed by atoms with E-state index in [-0.39, 0.29) is 71.7 Å². The van der Waals surface area contributed by atoms with Gasteiger partial charge in [-0.1, -0.05) is 31.2 Å². The van der Waals surface area contributed by atoms with Gasteiger partial charge in [-0.05, 0) is 93.2 Å². The zero-order valence-corrected chi connectivity index (χ0v) is 31.8. The number of rotatable bonds is 7. The van der Waals surface area contributed by atoms with Crippen molar-refractivity contribution in [2.24, 2.45) is 0 Å². The fourth-order valence-corrected chi connectivity index (χ4v) is 10.5. The maximum Gasteiger partial charge on any atom is 0.433 e. The lowest BCUT2D eigenvalue weighted by Crippen LogP contribution is -2.58. The van der Waals surface area contributed by atoms with Gasteiger partial charge in [-0.25, -0.2) is 23.7 Å². The van der Waals surface area contributed by atoms with E-state index in [2.05, 4.69) is 32.0 Å². The molecular formula is C42H43F5N8O2. The van der Waals surface area contributed by atoms with Crippen molar-refractivity contribution in [1.82, 2.24) is 35.1 Å². The van der Waals surface area contributed by atoms with Gasteiger partial charge < -0.3 is 19.7 Å². The molecule has 15 heteroatoms. The minimum absolute atomic E-state index is 0.0268. The lowest BCUT2D eigenvalue weighted by molar-refractivity contribution is -0.141. The van der Waals surface area contributed by atoms with E-state index in [1.54, 1.807) is 19.1 Å². The first-order valence-corrected chi connectivity index (χ1v) is 20.0. The quantitative estimate of drug-likeness (QED) is 0.164.